The van der Waals surface area contributed by atoms with Crippen LogP contribution in [0, 0.1) is 23.7 Å². The third kappa shape index (κ3) is 7.48. The Hall–Kier alpha value is -0.560. The van der Waals surface area contributed by atoms with E-state index >= 15 is 0 Å². The van der Waals surface area contributed by atoms with Crippen LogP contribution in [0.5, 0.6) is 0 Å². The summed E-state index contributed by atoms with van der Waals surface area (Å²) in [6, 6.07) is 1.51. The van der Waals surface area contributed by atoms with Crippen LogP contribution >= 0.6 is 0 Å². The standard InChI is InChI=1S/C30H51N/c1-2-7-15-25(16-8-3-1)29-22-14-13-21-28(31-27-19-11-4-5-12-20-27)23-24-30(29)26-17-9-6-10-18-26/h4,6,9,11,25-31H,1-3,5,7-8,10,12-24H2. The van der Waals surface area contributed by atoms with E-state index in [4.69, 9.17) is 0 Å². The Balaban J connectivity index is 1.43. The van der Waals surface area contributed by atoms with Gasteiger partial charge >= 0.3 is 0 Å². The van der Waals surface area contributed by atoms with E-state index in [1.165, 1.54) is 116 Å². The van der Waals surface area contributed by atoms with E-state index < -0.39 is 0 Å². The molecule has 0 spiro atoms. The summed E-state index contributed by atoms with van der Waals surface area (Å²) in [5, 5.41) is 4.16. The first-order valence-corrected chi connectivity index (χ1v) is 14.5. The minimum absolute atomic E-state index is 0.738. The van der Waals surface area contributed by atoms with Crippen LogP contribution in [0.4, 0.5) is 0 Å². The molecule has 0 aromatic rings. The van der Waals surface area contributed by atoms with Gasteiger partial charge in [-0.15, -0.1) is 0 Å². The topological polar surface area (TPSA) is 12.0 Å². The first-order valence-electron chi connectivity index (χ1n) is 14.5. The lowest BCUT2D eigenvalue weighted by Crippen LogP contribution is -2.38. The Bertz CT molecular complexity index is 541. The Kier molecular flexibility index (Phi) is 10.1. The SMILES string of the molecule is C1=CCC(NC2CCCCC(C3CCCCCCC3)C(C3CC=CCC3)CC2)CCC1. The fourth-order valence-corrected chi connectivity index (χ4v) is 7.66. The molecular formula is C30H51N. The Morgan fingerprint density at radius 2 is 1.10 bits per heavy atom. The Morgan fingerprint density at radius 1 is 0.419 bits per heavy atom. The van der Waals surface area contributed by atoms with Crippen molar-refractivity contribution in [2.24, 2.45) is 23.7 Å². The van der Waals surface area contributed by atoms with Gasteiger partial charge in [0.1, 0.15) is 0 Å². The highest BCUT2D eigenvalue weighted by Crippen LogP contribution is 2.44. The highest BCUT2D eigenvalue weighted by molar-refractivity contribution is 4.96. The van der Waals surface area contributed by atoms with Crippen LogP contribution in [-0.2, 0) is 0 Å². The van der Waals surface area contributed by atoms with Crippen molar-refractivity contribution in [2.75, 3.05) is 0 Å². The van der Waals surface area contributed by atoms with Gasteiger partial charge in [-0.25, -0.2) is 0 Å². The van der Waals surface area contributed by atoms with Crippen molar-refractivity contribution in [3.8, 4) is 0 Å². The fraction of sp³-hybridized carbons (Fsp3) is 0.867. The van der Waals surface area contributed by atoms with Crippen molar-refractivity contribution in [1.29, 1.82) is 0 Å². The normalized spacial score (nSPS) is 37.1. The molecule has 176 valence electrons. The molecular weight excluding hydrogens is 374 g/mol. The van der Waals surface area contributed by atoms with E-state index in [0.717, 1.165) is 35.8 Å². The molecule has 0 aromatic heterocycles. The first-order chi connectivity index (χ1) is 15.4. The molecule has 1 heteroatoms. The van der Waals surface area contributed by atoms with Gasteiger partial charge < -0.3 is 5.32 Å². The quantitative estimate of drug-likeness (QED) is 0.444. The van der Waals surface area contributed by atoms with Crippen molar-refractivity contribution in [2.45, 2.75) is 141 Å². The molecule has 0 bridgehead atoms. The van der Waals surface area contributed by atoms with Gasteiger partial charge in [0.15, 0.2) is 0 Å². The minimum Gasteiger partial charge on any atom is -0.311 e. The molecule has 0 amide bonds. The summed E-state index contributed by atoms with van der Waals surface area (Å²) in [6.45, 7) is 0. The lowest BCUT2D eigenvalue weighted by atomic mass is 9.65. The molecule has 4 aliphatic carbocycles. The fourth-order valence-electron chi connectivity index (χ4n) is 7.66. The first kappa shape index (κ1) is 23.6. The lowest BCUT2D eigenvalue weighted by Gasteiger charge is -2.40. The van der Waals surface area contributed by atoms with Crippen molar-refractivity contribution in [3.63, 3.8) is 0 Å². The highest BCUT2D eigenvalue weighted by Gasteiger charge is 2.35. The van der Waals surface area contributed by atoms with Gasteiger partial charge in [0.25, 0.3) is 0 Å². The number of allylic oxidation sites excluding steroid dienone is 3. The zero-order valence-corrected chi connectivity index (χ0v) is 20.4. The summed E-state index contributed by atoms with van der Waals surface area (Å²) >= 11 is 0. The average molecular weight is 426 g/mol. The van der Waals surface area contributed by atoms with Gasteiger partial charge in [-0.3, -0.25) is 0 Å². The number of hydrogen-bond acceptors (Lipinski definition) is 1. The van der Waals surface area contributed by atoms with Crippen LogP contribution in [-0.4, -0.2) is 12.1 Å². The van der Waals surface area contributed by atoms with Gasteiger partial charge in [-0.1, -0.05) is 82.1 Å². The maximum Gasteiger partial charge on any atom is 0.0104 e. The van der Waals surface area contributed by atoms with E-state index in [9.17, 15) is 0 Å². The zero-order valence-electron chi connectivity index (χ0n) is 20.4. The van der Waals surface area contributed by atoms with E-state index in [2.05, 4.69) is 29.6 Å². The third-order valence-corrected chi connectivity index (χ3v) is 9.39. The molecule has 0 aromatic carbocycles. The predicted octanol–water partition coefficient (Wildman–Crippen LogP) is 8.75. The molecule has 0 aliphatic heterocycles. The zero-order chi connectivity index (χ0) is 21.1. The molecule has 2 saturated carbocycles. The summed E-state index contributed by atoms with van der Waals surface area (Å²) in [7, 11) is 0. The molecule has 2 fully saturated rings. The second-order valence-electron chi connectivity index (χ2n) is 11.5. The molecule has 5 unspecified atom stereocenters. The van der Waals surface area contributed by atoms with E-state index in [1.54, 1.807) is 12.8 Å². The summed E-state index contributed by atoms with van der Waals surface area (Å²) in [5.74, 6) is 4.02. The second kappa shape index (κ2) is 13.2. The van der Waals surface area contributed by atoms with Crippen LogP contribution in [0.25, 0.3) is 0 Å². The van der Waals surface area contributed by atoms with Crippen LogP contribution in [0.3, 0.4) is 0 Å². The van der Waals surface area contributed by atoms with Gasteiger partial charge in [0, 0.05) is 12.1 Å². The lowest BCUT2D eigenvalue weighted by molar-refractivity contribution is 0.110. The summed E-state index contributed by atoms with van der Waals surface area (Å²) < 4.78 is 0. The van der Waals surface area contributed by atoms with Crippen LogP contribution in [0.2, 0.25) is 0 Å². The summed E-state index contributed by atoms with van der Waals surface area (Å²) in [5.41, 5.74) is 0. The number of rotatable bonds is 4. The van der Waals surface area contributed by atoms with Crippen molar-refractivity contribution in [3.05, 3.63) is 24.3 Å². The third-order valence-electron chi connectivity index (χ3n) is 9.39. The summed E-state index contributed by atoms with van der Waals surface area (Å²) in [4.78, 5) is 0. The smallest absolute Gasteiger partial charge is 0.0104 e. The van der Waals surface area contributed by atoms with Gasteiger partial charge in [0.05, 0.1) is 0 Å². The van der Waals surface area contributed by atoms with Gasteiger partial charge in [0.2, 0.25) is 0 Å². The molecule has 31 heavy (non-hydrogen) atoms. The van der Waals surface area contributed by atoms with Gasteiger partial charge in [-0.2, -0.15) is 0 Å². The van der Waals surface area contributed by atoms with Crippen molar-refractivity contribution < 1.29 is 0 Å². The van der Waals surface area contributed by atoms with E-state index in [0.29, 0.717) is 0 Å². The molecule has 5 atom stereocenters. The van der Waals surface area contributed by atoms with Gasteiger partial charge in [-0.05, 0) is 94.3 Å². The maximum absolute atomic E-state index is 4.16. The number of hydrogen-bond donors (Lipinski definition) is 1. The van der Waals surface area contributed by atoms with Crippen LogP contribution in [0.15, 0.2) is 24.3 Å². The second-order valence-corrected chi connectivity index (χ2v) is 11.5. The molecule has 1 N–H and O–H groups in total. The maximum atomic E-state index is 4.16. The molecule has 4 rings (SSSR count). The molecule has 4 aliphatic rings. The Morgan fingerprint density at radius 3 is 1.94 bits per heavy atom. The molecule has 0 heterocycles. The van der Waals surface area contributed by atoms with Crippen LogP contribution in [0.1, 0.15) is 128 Å². The highest BCUT2D eigenvalue weighted by atomic mass is 14.9. The largest absolute Gasteiger partial charge is 0.311 e. The van der Waals surface area contributed by atoms with E-state index in [1.807, 2.05) is 0 Å². The predicted molar refractivity (Wildman–Crippen MR) is 135 cm³/mol. The van der Waals surface area contributed by atoms with Crippen molar-refractivity contribution >= 4 is 0 Å². The average Bonchev–Trinajstić information content (AvgIpc) is 2.99. The Labute approximate surface area is 193 Å². The monoisotopic (exact) mass is 425 g/mol. The summed E-state index contributed by atoms with van der Waals surface area (Å²) in [6.07, 6.45) is 38.8. The molecule has 0 saturated heterocycles. The van der Waals surface area contributed by atoms with Crippen LogP contribution < -0.4 is 5.32 Å². The van der Waals surface area contributed by atoms with E-state index in [-0.39, 0.29) is 0 Å². The van der Waals surface area contributed by atoms with Crippen molar-refractivity contribution in [1.82, 2.24) is 5.32 Å². The minimum atomic E-state index is 0.738. The number of nitrogens with one attached hydrogen (secondary N) is 1. The molecule has 1 nitrogen and oxygen atoms in total. The molecule has 0 radical (unpaired) electrons.